The first-order valence-corrected chi connectivity index (χ1v) is 10.4. The van der Waals surface area contributed by atoms with E-state index in [9.17, 15) is 9.59 Å². The van der Waals surface area contributed by atoms with Crippen molar-refractivity contribution in [3.63, 3.8) is 0 Å². The van der Waals surface area contributed by atoms with Crippen LogP contribution >= 0.6 is 0 Å². The van der Waals surface area contributed by atoms with Gasteiger partial charge in [-0.25, -0.2) is 9.59 Å². The SMILES string of the molecule is CCCCCCCCOC(=O)c1ccccc1C(=O)OC(C(C)C)C(C)C. The molecule has 1 aromatic carbocycles. The van der Waals surface area contributed by atoms with Crippen LogP contribution in [-0.4, -0.2) is 24.6 Å². The minimum absolute atomic E-state index is 0.190. The molecule has 152 valence electrons. The summed E-state index contributed by atoms with van der Waals surface area (Å²) in [6.45, 7) is 10.7. The average molecular weight is 377 g/mol. The molecule has 1 rings (SSSR count). The summed E-state index contributed by atoms with van der Waals surface area (Å²) >= 11 is 0. The number of carbonyl (C=O) groups excluding carboxylic acids is 2. The van der Waals surface area contributed by atoms with Gasteiger partial charge in [-0.3, -0.25) is 0 Å². The van der Waals surface area contributed by atoms with Gasteiger partial charge in [-0.15, -0.1) is 0 Å². The van der Waals surface area contributed by atoms with Gasteiger partial charge in [0, 0.05) is 0 Å². The van der Waals surface area contributed by atoms with E-state index in [1.165, 1.54) is 25.7 Å². The first-order valence-electron chi connectivity index (χ1n) is 10.4. The fraction of sp³-hybridized carbons (Fsp3) is 0.652. The largest absolute Gasteiger partial charge is 0.462 e. The van der Waals surface area contributed by atoms with Crippen LogP contribution in [0.4, 0.5) is 0 Å². The van der Waals surface area contributed by atoms with E-state index in [2.05, 4.69) is 6.92 Å². The van der Waals surface area contributed by atoms with E-state index in [1.54, 1.807) is 24.3 Å². The second-order valence-corrected chi connectivity index (χ2v) is 7.81. The van der Waals surface area contributed by atoms with Crippen molar-refractivity contribution in [1.82, 2.24) is 0 Å². The molecule has 0 radical (unpaired) electrons. The fourth-order valence-electron chi connectivity index (χ4n) is 3.19. The van der Waals surface area contributed by atoms with E-state index in [1.807, 2.05) is 27.7 Å². The molecular weight excluding hydrogens is 340 g/mol. The van der Waals surface area contributed by atoms with E-state index < -0.39 is 11.9 Å². The predicted octanol–water partition coefficient (Wildman–Crippen LogP) is 6.04. The van der Waals surface area contributed by atoms with Crippen LogP contribution in [0.5, 0.6) is 0 Å². The molecule has 0 amide bonds. The molecule has 0 atom stereocenters. The number of rotatable bonds is 12. The van der Waals surface area contributed by atoms with Gasteiger partial charge in [0.1, 0.15) is 6.10 Å². The number of benzene rings is 1. The standard InChI is InChI=1S/C23H36O4/c1-6-7-8-9-10-13-16-26-22(24)19-14-11-12-15-20(19)23(25)27-21(17(2)3)18(4)5/h11-12,14-15,17-18,21H,6-10,13,16H2,1-5H3. The minimum Gasteiger partial charge on any atom is -0.462 e. The number of hydrogen-bond acceptors (Lipinski definition) is 4. The molecule has 0 saturated carbocycles. The lowest BCUT2D eigenvalue weighted by atomic mass is 9.96. The highest BCUT2D eigenvalue weighted by Crippen LogP contribution is 2.20. The Labute approximate surface area is 164 Å². The molecule has 0 aliphatic rings. The van der Waals surface area contributed by atoms with Crippen molar-refractivity contribution in [2.75, 3.05) is 6.61 Å². The van der Waals surface area contributed by atoms with Crippen LogP contribution in [0, 0.1) is 11.8 Å². The summed E-state index contributed by atoms with van der Waals surface area (Å²) in [6, 6.07) is 6.72. The zero-order chi connectivity index (χ0) is 20.2. The van der Waals surface area contributed by atoms with Crippen LogP contribution in [0.25, 0.3) is 0 Å². The Morgan fingerprint density at radius 2 is 1.33 bits per heavy atom. The number of ether oxygens (including phenoxy) is 2. The average Bonchev–Trinajstić information content (AvgIpc) is 2.64. The number of carbonyl (C=O) groups is 2. The van der Waals surface area contributed by atoms with Crippen LogP contribution in [0.2, 0.25) is 0 Å². The van der Waals surface area contributed by atoms with Gasteiger partial charge in [0.15, 0.2) is 0 Å². The molecule has 0 aliphatic heterocycles. The van der Waals surface area contributed by atoms with Crippen molar-refractivity contribution < 1.29 is 19.1 Å². The summed E-state index contributed by atoms with van der Waals surface area (Å²) in [4.78, 5) is 25.1. The molecule has 0 bridgehead atoms. The zero-order valence-corrected chi connectivity index (χ0v) is 17.6. The normalized spacial score (nSPS) is 11.3. The molecule has 0 aromatic heterocycles. The minimum atomic E-state index is -0.463. The molecule has 4 heteroatoms. The molecular formula is C23H36O4. The van der Waals surface area contributed by atoms with Crippen molar-refractivity contribution in [1.29, 1.82) is 0 Å². The van der Waals surface area contributed by atoms with Gasteiger partial charge in [-0.1, -0.05) is 78.9 Å². The third-order valence-electron chi connectivity index (χ3n) is 4.66. The fourth-order valence-corrected chi connectivity index (χ4v) is 3.19. The van der Waals surface area contributed by atoms with Crippen molar-refractivity contribution in [2.24, 2.45) is 11.8 Å². The van der Waals surface area contributed by atoms with Crippen LogP contribution in [0.15, 0.2) is 24.3 Å². The van der Waals surface area contributed by atoms with Gasteiger partial charge in [0.25, 0.3) is 0 Å². The van der Waals surface area contributed by atoms with Gasteiger partial charge >= 0.3 is 11.9 Å². The first kappa shape index (κ1) is 23.2. The molecule has 0 N–H and O–H groups in total. The van der Waals surface area contributed by atoms with Crippen LogP contribution in [0.1, 0.15) is 93.9 Å². The molecule has 0 heterocycles. The smallest absolute Gasteiger partial charge is 0.339 e. The molecule has 0 aliphatic carbocycles. The Hall–Kier alpha value is -1.84. The van der Waals surface area contributed by atoms with Crippen LogP contribution in [0.3, 0.4) is 0 Å². The lowest BCUT2D eigenvalue weighted by Gasteiger charge is -2.25. The third-order valence-corrected chi connectivity index (χ3v) is 4.66. The summed E-state index contributed by atoms with van der Waals surface area (Å²) in [5.74, 6) is -0.502. The molecule has 1 aromatic rings. The van der Waals surface area contributed by atoms with Gasteiger partial charge < -0.3 is 9.47 Å². The first-order chi connectivity index (χ1) is 12.9. The Bertz CT molecular complexity index is 569. The summed E-state index contributed by atoms with van der Waals surface area (Å²) in [5.41, 5.74) is 0.552. The van der Waals surface area contributed by atoms with Crippen LogP contribution < -0.4 is 0 Å². The second-order valence-electron chi connectivity index (χ2n) is 7.81. The summed E-state index contributed by atoms with van der Waals surface area (Å²) < 4.78 is 11.1. The van der Waals surface area contributed by atoms with Crippen molar-refractivity contribution in [3.8, 4) is 0 Å². The van der Waals surface area contributed by atoms with Crippen molar-refractivity contribution in [2.45, 2.75) is 79.2 Å². The zero-order valence-electron chi connectivity index (χ0n) is 17.6. The predicted molar refractivity (Wildman–Crippen MR) is 109 cm³/mol. The van der Waals surface area contributed by atoms with Crippen LogP contribution in [-0.2, 0) is 9.47 Å². The second kappa shape index (κ2) is 12.5. The number of esters is 2. The van der Waals surface area contributed by atoms with Crippen molar-refractivity contribution in [3.05, 3.63) is 35.4 Å². The highest BCUT2D eigenvalue weighted by atomic mass is 16.5. The van der Waals surface area contributed by atoms with Crippen molar-refractivity contribution >= 4 is 11.9 Å². The maximum atomic E-state index is 12.6. The Kier molecular flexibility index (Phi) is 10.8. The van der Waals surface area contributed by atoms with E-state index in [-0.39, 0.29) is 29.1 Å². The maximum Gasteiger partial charge on any atom is 0.339 e. The summed E-state index contributed by atoms with van der Waals surface area (Å²) in [7, 11) is 0. The molecule has 0 spiro atoms. The summed E-state index contributed by atoms with van der Waals surface area (Å²) in [5, 5.41) is 0. The topological polar surface area (TPSA) is 52.6 Å². The molecule has 4 nitrogen and oxygen atoms in total. The Balaban J connectivity index is 2.64. The Morgan fingerprint density at radius 3 is 1.89 bits per heavy atom. The van der Waals surface area contributed by atoms with E-state index in [0.29, 0.717) is 6.61 Å². The number of hydrogen-bond donors (Lipinski definition) is 0. The Morgan fingerprint density at radius 1 is 0.815 bits per heavy atom. The lowest BCUT2D eigenvalue weighted by Crippen LogP contribution is -2.29. The third kappa shape index (κ3) is 8.15. The quantitative estimate of drug-likeness (QED) is 0.329. The molecule has 0 fully saturated rings. The summed E-state index contributed by atoms with van der Waals surface area (Å²) in [6.07, 6.45) is 6.59. The van der Waals surface area contributed by atoms with Gasteiger partial charge in [-0.05, 0) is 30.4 Å². The van der Waals surface area contributed by atoms with Gasteiger partial charge in [0.05, 0.1) is 17.7 Å². The van der Waals surface area contributed by atoms with E-state index in [0.717, 1.165) is 12.8 Å². The molecule has 0 saturated heterocycles. The highest BCUT2D eigenvalue weighted by Gasteiger charge is 2.25. The monoisotopic (exact) mass is 376 g/mol. The molecule has 27 heavy (non-hydrogen) atoms. The van der Waals surface area contributed by atoms with Gasteiger partial charge in [-0.2, -0.15) is 0 Å². The van der Waals surface area contributed by atoms with E-state index >= 15 is 0 Å². The maximum absolute atomic E-state index is 12.6. The number of unbranched alkanes of at least 4 members (excludes halogenated alkanes) is 5. The highest BCUT2D eigenvalue weighted by molar-refractivity contribution is 6.03. The molecule has 0 unspecified atom stereocenters. The van der Waals surface area contributed by atoms with Gasteiger partial charge in [0.2, 0.25) is 0 Å². The lowest BCUT2D eigenvalue weighted by molar-refractivity contribution is 0.00282. The van der Waals surface area contributed by atoms with E-state index in [4.69, 9.17) is 9.47 Å².